The Bertz CT molecular complexity index is 1110. The summed E-state index contributed by atoms with van der Waals surface area (Å²) < 4.78 is 38.8. The molecule has 2 aromatic carbocycles. The monoisotopic (exact) mass is 496 g/mol. The summed E-state index contributed by atoms with van der Waals surface area (Å²) in [6.07, 6.45) is 2.79. The van der Waals surface area contributed by atoms with Crippen LogP contribution in [0.1, 0.15) is 55.1 Å². The van der Waals surface area contributed by atoms with Crippen molar-refractivity contribution in [2.75, 3.05) is 19.6 Å². The molecule has 0 saturated carbocycles. The molecule has 0 bridgehead atoms. The lowest BCUT2D eigenvalue weighted by atomic mass is 10.0. The van der Waals surface area contributed by atoms with Crippen LogP contribution in [0.15, 0.2) is 60.8 Å². The molecule has 4 rings (SSSR count). The van der Waals surface area contributed by atoms with Crippen LogP contribution >= 0.6 is 0 Å². The molecule has 1 N–H and O–H groups in total. The lowest BCUT2D eigenvalue weighted by Crippen LogP contribution is -2.42. The largest absolute Gasteiger partial charge is 0.416 e. The second kappa shape index (κ2) is 12.5. The number of aromatic nitrogens is 2. The molecule has 4 nitrogen and oxygen atoms in total. The van der Waals surface area contributed by atoms with E-state index >= 15 is 0 Å². The molecule has 1 fully saturated rings. The van der Waals surface area contributed by atoms with Crippen LogP contribution in [0.2, 0.25) is 0 Å². The average Bonchev–Trinajstić information content (AvgIpc) is 2.90. The molecule has 0 atom stereocenters. The van der Waals surface area contributed by atoms with Crippen LogP contribution in [0.4, 0.5) is 13.2 Å². The van der Waals surface area contributed by atoms with E-state index in [-0.39, 0.29) is 0 Å². The summed E-state index contributed by atoms with van der Waals surface area (Å²) >= 11 is 0. The lowest BCUT2D eigenvalue weighted by molar-refractivity contribution is -0.137. The van der Waals surface area contributed by atoms with E-state index in [1.165, 1.54) is 30.5 Å². The van der Waals surface area contributed by atoms with Gasteiger partial charge in [-0.25, -0.2) is 9.97 Å². The molecule has 0 aliphatic carbocycles. The first-order chi connectivity index (χ1) is 17.4. The number of alkyl halides is 3. The lowest BCUT2D eigenvalue weighted by Gasteiger charge is -2.34. The van der Waals surface area contributed by atoms with Crippen LogP contribution in [0.3, 0.4) is 0 Å². The highest BCUT2D eigenvalue weighted by Crippen LogP contribution is 2.30. The van der Waals surface area contributed by atoms with E-state index in [0.717, 1.165) is 62.2 Å². The van der Waals surface area contributed by atoms with E-state index in [0.29, 0.717) is 24.4 Å². The SMILES string of the molecule is CCN(Cc1cccc(-c2ccnc(CCCCc3cccc(C(F)(F)F)c3)n2)c1)C1CCNCC1. The Morgan fingerprint density at radius 2 is 1.69 bits per heavy atom. The number of piperidine rings is 1. The molecule has 192 valence electrons. The zero-order valence-electron chi connectivity index (χ0n) is 20.9. The number of halogens is 3. The van der Waals surface area contributed by atoms with Crippen molar-refractivity contribution in [1.82, 2.24) is 20.2 Å². The highest BCUT2D eigenvalue weighted by molar-refractivity contribution is 5.59. The van der Waals surface area contributed by atoms with Gasteiger partial charge in [0.15, 0.2) is 0 Å². The number of nitrogens with one attached hydrogen (secondary N) is 1. The number of benzene rings is 2. The zero-order valence-corrected chi connectivity index (χ0v) is 20.9. The van der Waals surface area contributed by atoms with E-state index in [1.807, 2.05) is 6.07 Å². The fourth-order valence-corrected chi connectivity index (χ4v) is 4.93. The minimum absolute atomic E-state index is 0.587. The van der Waals surface area contributed by atoms with E-state index < -0.39 is 11.7 Å². The Hall–Kier alpha value is -2.77. The van der Waals surface area contributed by atoms with Crippen molar-refractivity contribution in [1.29, 1.82) is 0 Å². The first-order valence-electron chi connectivity index (χ1n) is 12.9. The standard InChI is InChI=1S/C29H35F3N4/c1-2-36(26-13-16-33-17-14-26)21-23-9-5-10-24(19-23)27-15-18-34-28(35-27)12-4-3-7-22-8-6-11-25(20-22)29(30,31)32/h5-6,8-11,15,18-20,26,33H,2-4,7,12-14,16-17,21H2,1H3. The topological polar surface area (TPSA) is 41.1 Å². The highest BCUT2D eigenvalue weighted by Gasteiger charge is 2.30. The second-order valence-corrected chi connectivity index (χ2v) is 9.51. The van der Waals surface area contributed by atoms with Crippen molar-refractivity contribution < 1.29 is 13.2 Å². The Morgan fingerprint density at radius 1 is 0.944 bits per heavy atom. The van der Waals surface area contributed by atoms with Crippen molar-refractivity contribution in [3.8, 4) is 11.3 Å². The summed E-state index contributed by atoms with van der Waals surface area (Å²) in [5.41, 5.74) is 3.40. The quantitative estimate of drug-likeness (QED) is 0.335. The predicted octanol–water partition coefficient (Wildman–Crippen LogP) is 6.30. The number of aryl methyl sites for hydroxylation is 2. The van der Waals surface area contributed by atoms with Crippen LogP contribution in [-0.2, 0) is 25.6 Å². The van der Waals surface area contributed by atoms with Gasteiger partial charge in [-0.2, -0.15) is 13.2 Å². The summed E-state index contributed by atoms with van der Waals surface area (Å²) in [4.78, 5) is 11.8. The molecule has 0 amide bonds. The van der Waals surface area contributed by atoms with Crippen LogP contribution in [0.25, 0.3) is 11.3 Å². The van der Waals surface area contributed by atoms with Gasteiger partial charge in [-0.15, -0.1) is 0 Å². The normalized spacial score (nSPS) is 14.9. The van der Waals surface area contributed by atoms with Gasteiger partial charge in [0.2, 0.25) is 0 Å². The third kappa shape index (κ3) is 7.37. The number of hydrogen-bond donors (Lipinski definition) is 1. The van der Waals surface area contributed by atoms with Crippen LogP contribution < -0.4 is 5.32 Å². The predicted molar refractivity (Wildman–Crippen MR) is 138 cm³/mol. The third-order valence-electron chi connectivity index (χ3n) is 6.92. The first kappa shape index (κ1) is 26.3. The van der Waals surface area contributed by atoms with Gasteiger partial charge in [0.25, 0.3) is 0 Å². The molecule has 0 unspecified atom stereocenters. The van der Waals surface area contributed by atoms with Gasteiger partial charge in [-0.1, -0.05) is 43.3 Å². The van der Waals surface area contributed by atoms with Crippen molar-refractivity contribution in [2.24, 2.45) is 0 Å². The Morgan fingerprint density at radius 3 is 2.47 bits per heavy atom. The number of hydrogen-bond acceptors (Lipinski definition) is 4. The molecule has 7 heteroatoms. The fourth-order valence-electron chi connectivity index (χ4n) is 4.93. The van der Waals surface area contributed by atoms with Gasteiger partial charge in [0, 0.05) is 30.8 Å². The molecule has 36 heavy (non-hydrogen) atoms. The molecular formula is C29H35F3N4. The van der Waals surface area contributed by atoms with Crippen molar-refractivity contribution in [3.63, 3.8) is 0 Å². The number of nitrogens with zero attached hydrogens (tertiary/aromatic N) is 3. The van der Waals surface area contributed by atoms with Crippen molar-refractivity contribution in [2.45, 2.75) is 64.2 Å². The Balaban J connectivity index is 1.34. The van der Waals surface area contributed by atoms with Crippen molar-refractivity contribution >= 4 is 0 Å². The van der Waals surface area contributed by atoms with Crippen molar-refractivity contribution in [3.05, 3.63) is 83.3 Å². The molecule has 1 saturated heterocycles. The first-order valence-corrected chi connectivity index (χ1v) is 12.9. The van der Waals surface area contributed by atoms with Gasteiger partial charge in [-0.05, 0) is 81.1 Å². The van der Waals surface area contributed by atoms with Crippen LogP contribution in [0, 0.1) is 0 Å². The minimum atomic E-state index is -4.30. The summed E-state index contributed by atoms with van der Waals surface area (Å²) in [5, 5.41) is 3.45. The van der Waals surface area contributed by atoms with E-state index in [4.69, 9.17) is 4.98 Å². The second-order valence-electron chi connectivity index (χ2n) is 9.51. The highest BCUT2D eigenvalue weighted by atomic mass is 19.4. The van der Waals surface area contributed by atoms with Gasteiger partial charge >= 0.3 is 6.18 Å². The van der Waals surface area contributed by atoms with Gasteiger partial charge in [0.1, 0.15) is 5.82 Å². The summed E-state index contributed by atoms with van der Waals surface area (Å²) in [6, 6.07) is 16.8. The molecule has 0 spiro atoms. The molecule has 1 aromatic heterocycles. The summed E-state index contributed by atoms with van der Waals surface area (Å²) in [6.45, 7) is 6.38. The number of unbranched alkanes of at least 4 members (excludes halogenated alkanes) is 1. The molecule has 0 radical (unpaired) electrons. The molecule has 2 heterocycles. The van der Waals surface area contributed by atoms with E-state index in [1.54, 1.807) is 12.3 Å². The maximum Gasteiger partial charge on any atom is 0.416 e. The fraction of sp³-hybridized carbons (Fsp3) is 0.448. The van der Waals surface area contributed by atoms with E-state index in [9.17, 15) is 13.2 Å². The Kier molecular flexibility index (Phi) is 9.10. The maximum absolute atomic E-state index is 12.9. The van der Waals surface area contributed by atoms with Crippen LogP contribution in [0.5, 0.6) is 0 Å². The maximum atomic E-state index is 12.9. The number of rotatable bonds is 10. The molecular weight excluding hydrogens is 461 g/mol. The zero-order chi connectivity index (χ0) is 25.4. The third-order valence-corrected chi connectivity index (χ3v) is 6.92. The van der Waals surface area contributed by atoms with Crippen LogP contribution in [-0.4, -0.2) is 40.5 Å². The van der Waals surface area contributed by atoms with Gasteiger partial charge < -0.3 is 5.32 Å². The summed E-state index contributed by atoms with van der Waals surface area (Å²) in [5.74, 6) is 0.770. The average molecular weight is 497 g/mol. The smallest absolute Gasteiger partial charge is 0.317 e. The summed E-state index contributed by atoms with van der Waals surface area (Å²) in [7, 11) is 0. The van der Waals surface area contributed by atoms with E-state index in [2.05, 4.69) is 46.4 Å². The Labute approximate surface area is 212 Å². The molecule has 1 aliphatic rings. The molecule has 3 aromatic rings. The van der Waals surface area contributed by atoms with Gasteiger partial charge in [0.05, 0.1) is 11.3 Å². The minimum Gasteiger partial charge on any atom is -0.317 e. The molecule has 1 aliphatic heterocycles. The van der Waals surface area contributed by atoms with Gasteiger partial charge in [-0.3, -0.25) is 4.90 Å².